The molecule has 1 fully saturated rings. The Bertz CT molecular complexity index is 1160. The van der Waals surface area contributed by atoms with Crippen LogP contribution in [-0.2, 0) is 13.2 Å². The van der Waals surface area contributed by atoms with Crippen molar-refractivity contribution < 1.29 is 13.2 Å². The van der Waals surface area contributed by atoms with Crippen molar-refractivity contribution in [3.63, 3.8) is 0 Å². The highest BCUT2D eigenvalue weighted by molar-refractivity contribution is 5.66. The van der Waals surface area contributed by atoms with Crippen LogP contribution < -0.4 is 15.8 Å². The number of aryl methyl sites for hydroxylation is 1. The summed E-state index contributed by atoms with van der Waals surface area (Å²) in [5.74, 6) is 0.771. The van der Waals surface area contributed by atoms with Crippen LogP contribution in [0, 0.1) is 0 Å². The molecule has 1 aliphatic heterocycles. The summed E-state index contributed by atoms with van der Waals surface area (Å²) < 4.78 is 40.6. The minimum atomic E-state index is -4.48. The molecule has 1 N–H and O–H groups in total. The van der Waals surface area contributed by atoms with Gasteiger partial charge in [0.05, 0.1) is 11.3 Å². The molecule has 1 saturated heterocycles. The number of anilines is 3. The molecule has 1 atom stereocenters. The molecule has 3 aromatic heterocycles. The summed E-state index contributed by atoms with van der Waals surface area (Å²) in [6, 6.07) is 6.89. The van der Waals surface area contributed by atoms with Crippen LogP contribution in [0.2, 0.25) is 0 Å². The van der Waals surface area contributed by atoms with E-state index in [9.17, 15) is 18.0 Å². The van der Waals surface area contributed by atoms with Gasteiger partial charge in [0.1, 0.15) is 11.6 Å². The van der Waals surface area contributed by atoms with Gasteiger partial charge < -0.3 is 14.8 Å². The van der Waals surface area contributed by atoms with Gasteiger partial charge in [0, 0.05) is 49.7 Å². The number of halogens is 3. The molecule has 4 heterocycles. The highest BCUT2D eigenvalue weighted by atomic mass is 19.4. The second-order valence-electron chi connectivity index (χ2n) is 7.54. The van der Waals surface area contributed by atoms with E-state index in [-0.39, 0.29) is 17.4 Å². The highest BCUT2D eigenvalue weighted by Gasteiger charge is 2.31. The van der Waals surface area contributed by atoms with Gasteiger partial charge in [-0.1, -0.05) is 0 Å². The summed E-state index contributed by atoms with van der Waals surface area (Å²) in [6.45, 7) is 2.85. The molecule has 0 amide bonds. The molecule has 0 saturated carbocycles. The summed E-state index contributed by atoms with van der Waals surface area (Å²) in [4.78, 5) is 27.3. The van der Waals surface area contributed by atoms with E-state index >= 15 is 0 Å². The lowest BCUT2D eigenvalue weighted by atomic mass is 10.2. The van der Waals surface area contributed by atoms with Crippen molar-refractivity contribution in [2.75, 3.05) is 16.8 Å². The minimum Gasteiger partial charge on any atom is -0.338 e. The van der Waals surface area contributed by atoms with Gasteiger partial charge >= 0.3 is 6.18 Å². The zero-order valence-corrected chi connectivity index (χ0v) is 17.0. The molecule has 1 aliphatic rings. The van der Waals surface area contributed by atoms with Gasteiger partial charge in [0.25, 0.3) is 5.56 Å². The first-order chi connectivity index (χ1) is 14.7. The van der Waals surface area contributed by atoms with Crippen molar-refractivity contribution in [3.05, 3.63) is 58.6 Å². The van der Waals surface area contributed by atoms with Crippen molar-refractivity contribution in [2.24, 2.45) is 7.05 Å². The molecule has 4 rings (SSSR count). The molecule has 1 unspecified atom stereocenters. The quantitative estimate of drug-likeness (QED) is 0.675. The fraction of sp³-hybridized carbons (Fsp3) is 0.333. The first kappa shape index (κ1) is 20.8. The van der Waals surface area contributed by atoms with E-state index in [0.29, 0.717) is 23.0 Å². The molecular formula is C21H21F3N6O. The number of alkyl halides is 3. The summed E-state index contributed by atoms with van der Waals surface area (Å²) >= 11 is 0. The largest absolute Gasteiger partial charge is 0.416 e. The van der Waals surface area contributed by atoms with E-state index in [2.05, 4.69) is 32.1 Å². The van der Waals surface area contributed by atoms with Crippen molar-refractivity contribution in [1.82, 2.24) is 19.5 Å². The predicted octanol–water partition coefficient (Wildman–Crippen LogP) is 3.99. The Labute approximate surface area is 176 Å². The van der Waals surface area contributed by atoms with E-state index in [1.807, 2.05) is 0 Å². The Morgan fingerprint density at radius 1 is 1.13 bits per heavy atom. The lowest BCUT2D eigenvalue weighted by Crippen LogP contribution is -2.28. The van der Waals surface area contributed by atoms with Crippen LogP contribution in [0.4, 0.5) is 30.8 Å². The van der Waals surface area contributed by atoms with Crippen LogP contribution in [0.5, 0.6) is 0 Å². The fourth-order valence-corrected chi connectivity index (χ4v) is 3.52. The van der Waals surface area contributed by atoms with Crippen LogP contribution in [0.3, 0.4) is 0 Å². The van der Waals surface area contributed by atoms with Crippen molar-refractivity contribution in [3.8, 4) is 11.3 Å². The lowest BCUT2D eigenvalue weighted by molar-refractivity contribution is -0.137. The molecule has 0 aromatic carbocycles. The minimum absolute atomic E-state index is 0.0175. The third-order valence-corrected chi connectivity index (χ3v) is 5.27. The van der Waals surface area contributed by atoms with Gasteiger partial charge in [-0.25, -0.2) is 9.97 Å². The van der Waals surface area contributed by atoms with Crippen LogP contribution in [-0.4, -0.2) is 32.1 Å². The number of hydrogen-bond acceptors (Lipinski definition) is 6. The molecule has 7 nitrogen and oxygen atoms in total. The highest BCUT2D eigenvalue weighted by Crippen LogP contribution is 2.31. The third-order valence-electron chi connectivity index (χ3n) is 5.27. The van der Waals surface area contributed by atoms with Crippen LogP contribution in [0.25, 0.3) is 11.3 Å². The van der Waals surface area contributed by atoms with Gasteiger partial charge in [-0.15, -0.1) is 0 Å². The lowest BCUT2D eigenvalue weighted by Gasteiger charge is -2.22. The van der Waals surface area contributed by atoms with Gasteiger partial charge in [-0.05, 0) is 38.0 Å². The number of pyridine rings is 2. The van der Waals surface area contributed by atoms with Crippen molar-refractivity contribution in [1.29, 1.82) is 0 Å². The topological polar surface area (TPSA) is 75.9 Å². The van der Waals surface area contributed by atoms with Crippen LogP contribution in [0.15, 0.2) is 47.5 Å². The molecule has 0 bridgehead atoms. The molecule has 0 aliphatic carbocycles. The predicted molar refractivity (Wildman–Crippen MR) is 111 cm³/mol. The van der Waals surface area contributed by atoms with E-state index in [0.717, 1.165) is 37.7 Å². The number of aromatic nitrogens is 4. The second kappa shape index (κ2) is 8.01. The monoisotopic (exact) mass is 430 g/mol. The molecule has 0 spiro atoms. The molecule has 31 heavy (non-hydrogen) atoms. The van der Waals surface area contributed by atoms with Crippen LogP contribution >= 0.6 is 0 Å². The Morgan fingerprint density at radius 2 is 1.94 bits per heavy atom. The smallest absolute Gasteiger partial charge is 0.338 e. The third kappa shape index (κ3) is 4.52. The van der Waals surface area contributed by atoms with E-state index in [4.69, 9.17) is 0 Å². The van der Waals surface area contributed by atoms with Gasteiger partial charge in [0.15, 0.2) is 0 Å². The number of nitrogens with one attached hydrogen (secondary N) is 1. The molecule has 10 heteroatoms. The van der Waals surface area contributed by atoms with E-state index in [1.54, 1.807) is 25.4 Å². The number of nitrogens with zero attached hydrogens (tertiary/aromatic N) is 5. The zero-order valence-electron chi connectivity index (χ0n) is 17.0. The maximum Gasteiger partial charge on any atom is 0.416 e. The van der Waals surface area contributed by atoms with Crippen LogP contribution in [0.1, 0.15) is 25.3 Å². The van der Waals surface area contributed by atoms with Gasteiger partial charge in [0.2, 0.25) is 5.95 Å². The fourth-order valence-electron chi connectivity index (χ4n) is 3.52. The average molecular weight is 430 g/mol. The Balaban J connectivity index is 1.76. The molecular weight excluding hydrogens is 409 g/mol. The first-order valence-electron chi connectivity index (χ1n) is 9.84. The summed E-state index contributed by atoms with van der Waals surface area (Å²) in [5.41, 5.74) is 0.0930. The number of rotatable bonds is 4. The zero-order chi connectivity index (χ0) is 22.2. The maximum atomic E-state index is 13.1. The van der Waals surface area contributed by atoms with Gasteiger partial charge in [-0.3, -0.25) is 4.79 Å². The molecule has 162 valence electrons. The Morgan fingerprint density at radius 3 is 2.61 bits per heavy atom. The Kier molecular flexibility index (Phi) is 5.38. The molecule has 0 radical (unpaired) electrons. The SMILES string of the molecule is CC1CCCN1c1nc(Nc2cc(C(F)(F)F)ccn2)cc(-c2ccn(C)c(=O)c2)n1. The number of hydrogen-bond donors (Lipinski definition) is 1. The first-order valence-corrected chi connectivity index (χ1v) is 9.84. The standard InChI is InChI=1S/C21H21F3N6O/c1-13-4-3-8-30(13)20-26-16(14-6-9-29(2)19(31)10-14)12-18(28-20)27-17-11-15(5-7-25-17)21(22,23)24/h5-7,9-13H,3-4,8H2,1-2H3,(H,25,26,27,28). The van der Waals surface area contributed by atoms with E-state index < -0.39 is 11.7 Å². The van der Waals surface area contributed by atoms with E-state index in [1.165, 1.54) is 10.6 Å². The summed E-state index contributed by atoms with van der Waals surface area (Å²) in [5, 5.41) is 2.86. The summed E-state index contributed by atoms with van der Waals surface area (Å²) in [7, 11) is 1.65. The summed E-state index contributed by atoms with van der Waals surface area (Å²) in [6.07, 6.45) is 0.253. The van der Waals surface area contributed by atoms with Crippen molar-refractivity contribution in [2.45, 2.75) is 32.0 Å². The van der Waals surface area contributed by atoms with Gasteiger partial charge in [-0.2, -0.15) is 18.2 Å². The second-order valence-corrected chi connectivity index (χ2v) is 7.54. The normalized spacial score (nSPS) is 16.5. The van der Waals surface area contributed by atoms with Crippen molar-refractivity contribution >= 4 is 17.6 Å². The Hall–Kier alpha value is -3.43. The maximum absolute atomic E-state index is 13.1. The molecule has 3 aromatic rings. The average Bonchev–Trinajstić information content (AvgIpc) is 3.15.